The van der Waals surface area contributed by atoms with Gasteiger partial charge in [0, 0.05) is 11.1 Å². The number of hydrogen-bond donors (Lipinski definition) is 2. The van der Waals surface area contributed by atoms with Crippen LogP contribution >= 0.6 is 0 Å². The van der Waals surface area contributed by atoms with Crippen LogP contribution in [-0.2, 0) is 6.54 Å². The molecule has 108 valence electrons. The number of aromatic amines is 1. The molecule has 0 radical (unpaired) electrons. The summed E-state index contributed by atoms with van der Waals surface area (Å²) in [5.41, 5.74) is 2.74. The van der Waals surface area contributed by atoms with Crippen LogP contribution in [0.4, 0.5) is 5.69 Å². The smallest absolute Gasteiger partial charge is 0.225 e. The molecule has 0 fully saturated rings. The largest absolute Gasteiger partial charge is 0.481 e. The van der Waals surface area contributed by atoms with Crippen molar-refractivity contribution in [1.29, 1.82) is 0 Å². The summed E-state index contributed by atoms with van der Waals surface area (Å²) < 4.78 is 10.5. The predicted molar refractivity (Wildman–Crippen MR) is 78.6 cm³/mol. The molecule has 0 aliphatic carbocycles. The third-order valence-electron chi connectivity index (χ3n) is 3.16. The molecule has 0 aliphatic heterocycles. The molecule has 3 rings (SSSR count). The molecule has 0 saturated heterocycles. The van der Waals surface area contributed by atoms with Crippen molar-refractivity contribution in [2.45, 2.75) is 6.54 Å². The van der Waals surface area contributed by atoms with Crippen molar-refractivity contribution in [3.63, 3.8) is 0 Å². The molecule has 21 heavy (non-hydrogen) atoms. The van der Waals surface area contributed by atoms with E-state index in [1.54, 1.807) is 20.4 Å². The van der Waals surface area contributed by atoms with Gasteiger partial charge in [-0.25, -0.2) is 9.97 Å². The maximum Gasteiger partial charge on any atom is 0.225 e. The van der Waals surface area contributed by atoms with E-state index >= 15 is 0 Å². The summed E-state index contributed by atoms with van der Waals surface area (Å²) in [7, 11) is 3.14. The van der Waals surface area contributed by atoms with Crippen LogP contribution in [-0.4, -0.2) is 34.4 Å². The number of benzene rings is 1. The molecule has 7 heteroatoms. The highest BCUT2D eigenvalue weighted by Gasteiger charge is 2.12. The third kappa shape index (κ3) is 2.58. The van der Waals surface area contributed by atoms with Gasteiger partial charge in [-0.05, 0) is 18.2 Å². The van der Waals surface area contributed by atoms with E-state index in [0.29, 0.717) is 18.3 Å². The van der Waals surface area contributed by atoms with Crippen LogP contribution in [0.25, 0.3) is 10.9 Å². The van der Waals surface area contributed by atoms with Gasteiger partial charge in [0.2, 0.25) is 11.8 Å². The van der Waals surface area contributed by atoms with Crippen molar-refractivity contribution >= 4 is 16.6 Å². The Morgan fingerprint density at radius 2 is 1.90 bits per heavy atom. The maximum atomic E-state index is 5.25. The summed E-state index contributed by atoms with van der Waals surface area (Å²) >= 11 is 0. The first-order valence-electron chi connectivity index (χ1n) is 6.40. The molecule has 0 spiro atoms. The number of methoxy groups -OCH3 is 2. The second kappa shape index (κ2) is 5.66. The van der Waals surface area contributed by atoms with Crippen LogP contribution in [0.3, 0.4) is 0 Å². The first-order valence-corrected chi connectivity index (χ1v) is 6.40. The van der Waals surface area contributed by atoms with E-state index in [2.05, 4.69) is 25.5 Å². The van der Waals surface area contributed by atoms with E-state index in [0.717, 1.165) is 22.2 Å². The summed E-state index contributed by atoms with van der Waals surface area (Å²) in [4.78, 5) is 8.18. The van der Waals surface area contributed by atoms with E-state index in [1.165, 1.54) is 6.33 Å². The zero-order chi connectivity index (χ0) is 14.7. The predicted octanol–water partition coefficient (Wildman–Crippen LogP) is 1.98. The first kappa shape index (κ1) is 13.2. The second-order valence-corrected chi connectivity index (χ2v) is 4.40. The standard InChI is InChI=1S/C14H15N5O2/c1-20-13-11(14(21-2)17-8-16-13)7-15-10-3-4-12-9(5-10)6-18-19-12/h3-6,8,15H,7H2,1-2H3,(H,18,19). The molecule has 2 N–H and O–H groups in total. The van der Waals surface area contributed by atoms with Gasteiger partial charge in [-0.2, -0.15) is 5.10 Å². The topological polar surface area (TPSA) is 85.0 Å². The van der Waals surface area contributed by atoms with Crippen LogP contribution < -0.4 is 14.8 Å². The monoisotopic (exact) mass is 285 g/mol. The number of nitrogens with zero attached hydrogens (tertiary/aromatic N) is 3. The Morgan fingerprint density at radius 1 is 1.14 bits per heavy atom. The minimum Gasteiger partial charge on any atom is -0.481 e. The van der Waals surface area contributed by atoms with Crippen molar-refractivity contribution in [3.05, 3.63) is 36.3 Å². The summed E-state index contributed by atoms with van der Waals surface area (Å²) in [6.07, 6.45) is 3.20. The minimum atomic E-state index is 0.497. The summed E-state index contributed by atoms with van der Waals surface area (Å²) in [6.45, 7) is 0.497. The maximum absolute atomic E-state index is 5.25. The van der Waals surface area contributed by atoms with Gasteiger partial charge in [-0.15, -0.1) is 0 Å². The Morgan fingerprint density at radius 3 is 2.62 bits per heavy atom. The van der Waals surface area contributed by atoms with Gasteiger partial charge in [0.25, 0.3) is 0 Å². The van der Waals surface area contributed by atoms with E-state index in [4.69, 9.17) is 9.47 Å². The Kier molecular flexibility index (Phi) is 3.55. The molecule has 2 heterocycles. The summed E-state index contributed by atoms with van der Waals surface area (Å²) in [5.74, 6) is 0.998. The number of fused-ring (bicyclic) bond motifs is 1. The number of nitrogens with one attached hydrogen (secondary N) is 2. The number of anilines is 1. The van der Waals surface area contributed by atoms with Gasteiger partial charge in [0.15, 0.2) is 0 Å². The van der Waals surface area contributed by atoms with Crippen molar-refractivity contribution in [2.75, 3.05) is 19.5 Å². The Bertz CT molecular complexity index is 734. The molecule has 3 aromatic rings. The molecule has 0 atom stereocenters. The van der Waals surface area contributed by atoms with Crippen LogP contribution in [0.2, 0.25) is 0 Å². The number of hydrogen-bond acceptors (Lipinski definition) is 6. The van der Waals surface area contributed by atoms with Gasteiger partial charge in [-0.1, -0.05) is 0 Å². The fourth-order valence-corrected chi connectivity index (χ4v) is 2.13. The zero-order valence-electron chi connectivity index (χ0n) is 11.8. The first-order chi connectivity index (χ1) is 10.3. The van der Waals surface area contributed by atoms with Crippen LogP contribution in [0, 0.1) is 0 Å². The zero-order valence-corrected chi connectivity index (χ0v) is 11.8. The van der Waals surface area contributed by atoms with Gasteiger partial charge >= 0.3 is 0 Å². The SMILES string of the molecule is COc1ncnc(OC)c1CNc1ccc2[nH]ncc2c1. The van der Waals surface area contributed by atoms with E-state index in [9.17, 15) is 0 Å². The number of aromatic nitrogens is 4. The lowest BCUT2D eigenvalue weighted by Crippen LogP contribution is -2.06. The van der Waals surface area contributed by atoms with Crippen LogP contribution in [0.5, 0.6) is 11.8 Å². The quantitative estimate of drug-likeness (QED) is 0.745. The number of H-pyrrole nitrogens is 1. The molecule has 0 amide bonds. The fourth-order valence-electron chi connectivity index (χ4n) is 2.13. The Labute approximate surface area is 121 Å². The lowest BCUT2D eigenvalue weighted by Gasteiger charge is -2.12. The van der Waals surface area contributed by atoms with E-state index < -0.39 is 0 Å². The molecule has 1 aromatic carbocycles. The van der Waals surface area contributed by atoms with Crippen LogP contribution in [0.15, 0.2) is 30.7 Å². The summed E-state index contributed by atoms with van der Waals surface area (Å²) in [6, 6.07) is 5.96. The van der Waals surface area contributed by atoms with Gasteiger partial charge in [-0.3, -0.25) is 5.10 Å². The van der Waals surface area contributed by atoms with Crippen LogP contribution in [0.1, 0.15) is 5.56 Å². The highest BCUT2D eigenvalue weighted by atomic mass is 16.5. The minimum absolute atomic E-state index is 0.497. The Balaban J connectivity index is 1.83. The average molecular weight is 285 g/mol. The van der Waals surface area contributed by atoms with Gasteiger partial charge < -0.3 is 14.8 Å². The van der Waals surface area contributed by atoms with E-state index in [1.807, 2.05) is 18.2 Å². The highest BCUT2D eigenvalue weighted by Crippen LogP contribution is 2.25. The lowest BCUT2D eigenvalue weighted by atomic mass is 10.2. The Hall–Kier alpha value is -2.83. The van der Waals surface area contributed by atoms with Gasteiger partial charge in [0.05, 0.1) is 38.0 Å². The molecular weight excluding hydrogens is 270 g/mol. The highest BCUT2D eigenvalue weighted by molar-refractivity contribution is 5.81. The summed E-state index contributed by atoms with van der Waals surface area (Å²) in [5, 5.41) is 11.3. The number of ether oxygens (including phenoxy) is 2. The third-order valence-corrected chi connectivity index (χ3v) is 3.16. The normalized spacial score (nSPS) is 10.6. The molecule has 0 unspecified atom stereocenters. The average Bonchev–Trinajstić information content (AvgIpc) is 3.00. The van der Waals surface area contributed by atoms with Crippen molar-refractivity contribution in [2.24, 2.45) is 0 Å². The van der Waals surface area contributed by atoms with Crippen molar-refractivity contribution in [1.82, 2.24) is 20.2 Å². The van der Waals surface area contributed by atoms with Gasteiger partial charge in [0.1, 0.15) is 6.33 Å². The van der Waals surface area contributed by atoms with Crippen molar-refractivity contribution < 1.29 is 9.47 Å². The second-order valence-electron chi connectivity index (χ2n) is 4.40. The molecule has 2 aromatic heterocycles. The molecule has 0 aliphatic rings. The van der Waals surface area contributed by atoms with E-state index in [-0.39, 0.29) is 0 Å². The molecular formula is C14H15N5O2. The van der Waals surface area contributed by atoms with Crippen molar-refractivity contribution in [3.8, 4) is 11.8 Å². The fraction of sp³-hybridized carbons (Fsp3) is 0.214. The lowest BCUT2D eigenvalue weighted by molar-refractivity contribution is 0.363. The molecule has 0 saturated carbocycles. The molecule has 7 nitrogen and oxygen atoms in total. The number of rotatable bonds is 5. The molecule has 0 bridgehead atoms.